The van der Waals surface area contributed by atoms with Crippen LogP contribution in [0.2, 0.25) is 5.02 Å². The molecule has 0 radical (unpaired) electrons. The van der Waals surface area contributed by atoms with E-state index in [1.165, 1.54) is 19.3 Å². The molecule has 1 aliphatic carbocycles. The van der Waals surface area contributed by atoms with Gasteiger partial charge in [-0.15, -0.1) is 0 Å². The Labute approximate surface area is 118 Å². The fourth-order valence-electron chi connectivity index (χ4n) is 3.17. The number of hydrogen-bond acceptors (Lipinski definition) is 2. The molecule has 1 aromatic heterocycles. The molecule has 3 rings (SSSR count). The van der Waals surface area contributed by atoms with Crippen LogP contribution in [0.5, 0.6) is 0 Å². The molecule has 0 bridgehead atoms. The number of hydrogen-bond donors (Lipinski definition) is 1. The van der Waals surface area contributed by atoms with Gasteiger partial charge in [-0.2, -0.15) is 0 Å². The number of benzene rings is 1. The summed E-state index contributed by atoms with van der Waals surface area (Å²) in [7, 11) is 2.03. The van der Waals surface area contributed by atoms with Crippen molar-refractivity contribution in [2.45, 2.75) is 44.1 Å². The van der Waals surface area contributed by atoms with Gasteiger partial charge >= 0.3 is 0 Å². The van der Waals surface area contributed by atoms with E-state index in [4.69, 9.17) is 22.3 Å². The van der Waals surface area contributed by atoms with Crippen LogP contribution in [0.1, 0.15) is 37.9 Å². The molecule has 0 atom stereocenters. The van der Waals surface area contributed by atoms with Crippen molar-refractivity contribution < 1.29 is 0 Å². The summed E-state index contributed by atoms with van der Waals surface area (Å²) in [4.78, 5) is 4.71. The fourth-order valence-corrected chi connectivity index (χ4v) is 3.47. The fraction of sp³-hybridized carbons (Fsp3) is 0.533. The van der Waals surface area contributed by atoms with Crippen molar-refractivity contribution in [3.63, 3.8) is 0 Å². The first kappa shape index (κ1) is 12.9. The zero-order valence-corrected chi connectivity index (χ0v) is 12.1. The minimum absolute atomic E-state index is 0.0835. The second-order valence-corrected chi connectivity index (χ2v) is 6.20. The highest BCUT2D eigenvalue weighted by atomic mass is 35.5. The van der Waals surface area contributed by atoms with Crippen molar-refractivity contribution in [1.29, 1.82) is 0 Å². The molecule has 0 unspecified atom stereocenters. The maximum atomic E-state index is 6.53. The van der Waals surface area contributed by atoms with Crippen LogP contribution in [0.15, 0.2) is 18.2 Å². The summed E-state index contributed by atoms with van der Waals surface area (Å²) in [6.07, 6.45) is 6.83. The SMILES string of the molecule is Cn1c(CC2(N)CCCCC2)nc2cccc(Cl)c21. The molecule has 0 aliphatic heterocycles. The molecule has 2 aromatic rings. The van der Waals surface area contributed by atoms with Crippen LogP contribution < -0.4 is 5.73 Å². The Morgan fingerprint density at radius 3 is 2.74 bits per heavy atom. The van der Waals surface area contributed by atoms with Gasteiger partial charge in [-0.25, -0.2) is 4.98 Å². The number of aryl methyl sites for hydroxylation is 1. The van der Waals surface area contributed by atoms with Gasteiger partial charge in [0, 0.05) is 19.0 Å². The van der Waals surface area contributed by atoms with Crippen molar-refractivity contribution in [2.75, 3.05) is 0 Å². The van der Waals surface area contributed by atoms with Crippen LogP contribution in [-0.4, -0.2) is 15.1 Å². The summed E-state index contributed by atoms with van der Waals surface area (Å²) in [5.41, 5.74) is 8.43. The Kier molecular flexibility index (Phi) is 3.27. The first-order valence-electron chi connectivity index (χ1n) is 6.98. The monoisotopic (exact) mass is 277 g/mol. The number of nitrogens with zero attached hydrogens (tertiary/aromatic N) is 2. The highest BCUT2D eigenvalue weighted by Gasteiger charge is 2.29. The quantitative estimate of drug-likeness (QED) is 0.914. The van der Waals surface area contributed by atoms with Gasteiger partial charge in [0.25, 0.3) is 0 Å². The maximum Gasteiger partial charge on any atom is 0.111 e. The average molecular weight is 278 g/mol. The molecule has 0 amide bonds. The Hall–Kier alpha value is -1.06. The van der Waals surface area contributed by atoms with Gasteiger partial charge in [0.2, 0.25) is 0 Å². The highest BCUT2D eigenvalue weighted by molar-refractivity contribution is 6.35. The van der Waals surface area contributed by atoms with Gasteiger partial charge in [-0.1, -0.05) is 36.9 Å². The van der Waals surface area contributed by atoms with Gasteiger partial charge in [0.05, 0.1) is 16.1 Å². The van der Waals surface area contributed by atoms with Crippen molar-refractivity contribution in [3.8, 4) is 0 Å². The summed E-state index contributed by atoms with van der Waals surface area (Å²) in [5.74, 6) is 1.05. The summed E-state index contributed by atoms with van der Waals surface area (Å²) >= 11 is 6.26. The summed E-state index contributed by atoms with van der Waals surface area (Å²) in [5, 5.41) is 0.758. The average Bonchev–Trinajstić information content (AvgIpc) is 2.68. The lowest BCUT2D eigenvalue weighted by Gasteiger charge is -2.33. The lowest BCUT2D eigenvalue weighted by Crippen LogP contribution is -2.44. The Morgan fingerprint density at radius 1 is 1.32 bits per heavy atom. The van der Waals surface area contributed by atoms with E-state index < -0.39 is 0 Å². The molecular formula is C15H20ClN3. The van der Waals surface area contributed by atoms with Crippen molar-refractivity contribution in [2.24, 2.45) is 12.8 Å². The van der Waals surface area contributed by atoms with Crippen LogP contribution in [-0.2, 0) is 13.5 Å². The van der Waals surface area contributed by atoms with E-state index in [-0.39, 0.29) is 5.54 Å². The zero-order valence-electron chi connectivity index (χ0n) is 11.3. The topological polar surface area (TPSA) is 43.8 Å². The number of fused-ring (bicyclic) bond motifs is 1. The van der Waals surface area contributed by atoms with Gasteiger partial charge in [0.15, 0.2) is 0 Å². The van der Waals surface area contributed by atoms with E-state index in [2.05, 4.69) is 4.57 Å². The van der Waals surface area contributed by atoms with E-state index in [1.54, 1.807) is 0 Å². The first-order chi connectivity index (χ1) is 9.09. The van der Waals surface area contributed by atoms with E-state index in [1.807, 2.05) is 25.2 Å². The molecule has 1 saturated carbocycles. The molecule has 4 heteroatoms. The predicted molar refractivity (Wildman–Crippen MR) is 79.4 cm³/mol. The van der Waals surface area contributed by atoms with Crippen LogP contribution >= 0.6 is 11.6 Å². The second-order valence-electron chi connectivity index (χ2n) is 5.79. The minimum atomic E-state index is -0.0835. The number of halogens is 1. The highest BCUT2D eigenvalue weighted by Crippen LogP contribution is 2.30. The molecule has 3 nitrogen and oxygen atoms in total. The summed E-state index contributed by atoms with van der Waals surface area (Å²) in [6, 6.07) is 5.86. The van der Waals surface area contributed by atoms with Crippen LogP contribution in [0, 0.1) is 0 Å². The van der Waals surface area contributed by atoms with Gasteiger partial charge < -0.3 is 10.3 Å². The Balaban J connectivity index is 1.97. The maximum absolute atomic E-state index is 6.53. The van der Waals surface area contributed by atoms with Gasteiger partial charge in [-0.3, -0.25) is 0 Å². The van der Waals surface area contributed by atoms with E-state index >= 15 is 0 Å². The molecule has 1 heterocycles. The van der Waals surface area contributed by atoms with Crippen molar-refractivity contribution >= 4 is 22.6 Å². The molecule has 2 N–H and O–H groups in total. The number of nitrogens with two attached hydrogens (primary N) is 1. The first-order valence-corrected chi connectivity index (χ1v) is 7.36. The molecule has 102 valence electrons. The third kappa shape index (κ3) is 2.37. The van der Waals surface area contributed by atoms with E-state index in [0.29, 0.717) is 0 Å². The minimum Gasteiger partial charge on any atom is -0.330 e. The number of aromatic nitrogens is 2. The Bertz CT molecular complexity index is 597. The summed E-state index contributed by atoms with van der Waals surface area (Å²) in [6.45, 7) is 0. The number of para-hydroxylation sites is 1. The smallest absolute Gasteiger partial charge is 0.111 e. The normalized spacial score (nSPS) is 18.9. The van der Waals surface area contributed by atoms with Gasteiger partial charge in [-0.05, 0) is 25.0 Å². The standard InChI is InChI=1S/C15H20ClN3/c1-19-13(10-15(17)8-3-2-4-9-15)18-12-7-5-6-11(16)14(12)19/h5-7H,2-4,8-10,17H2,1H3. The van der Waals surface area contributed by atoms with E-state index in [0.717, 1.165) is 41.1 Å². The molecule has 19 heavy (non-hydrogen) atoms. The zero-order chi connectivity index (χ0) is 13.5. The second kappa shape index (κ2) is 4.80. The third-order valence-electron chi connectivity index (χ3n) is 4.30. The number of rotatable bonds is 2. The lowest BCUT2D eigenvalue weighted by atomic mass is 9.80. The molecule has 1 aliphatic rings. The predicted octanol–water partition coefficient (Wildman–Crippen LogP) is 3.43. The van der Waals surface area contributed by atoms with Crippen LogP contribution in [0.25, 0.3) is 11.0 Å². The van der Waals surface area contributed by atoms with Crippen LogP contribution in [0.3, 0.4) is 0 Å². The largest absolute Gasteiger partial charge is 0.330 e. The molecule has 1 aromatic carbocycles. The molecule has 0 saturated heterocycles. The van der Waals surface area contributed by atoms with E-state index in [9.17, 15) is 0 Å². The lowest BCUT2D eigenvalue weighted by molar-refractivity contribution is 0.288. The van der Waals surface area contributed by atoms with Crippen LogP contribution in [0.4, 0.5) is 0 Å². The molecule has 0 spiro atoms. The molecular weight excluding hydrogens is 258 g/mol. The van der Waals surface area contributed by atoms with Gasteiger partial charge in [0.1, 0.15) is 5.82 Å². The Morgan fingerprint density at radius 2 is 2.05 bits per heavy atom. The third-order valence-corrected chi connectivity index (χ3v) is 4.60. The van der Waals surface area contributed by atoms with Crippen molar-refractivity contribution in [3.05, 3.63) is 29.0 Å². The summed E-state index contributed by atoms with van der Waals surface area (Å²) < 4.78 is 2.10. The number of imidazole rings is 1. The molecule has 1 fully saturated rings. The van der Waals surface area contributed by atoms with Crippen molar-refractivity contribution in [1.82, 2.24) is 9.55 Å².